The van der Waals surface area contributed by atoms with Gasteiger partial charge in [-0.25, -0.2) is 0 Å². The minimum absolute atomic E-state index is 0.0956. The monoisotopic (exact) mass is 222 g/mol. The Hall–Kier alpha value is -1.36. The molecule has 0 saturated heterocycles. The van der Waals surface area contributed by atoms with Crippen LogP contribution in [0.5, 0.6) is 0 Å². The van der Waals surface area contributed by atoms with Crippen LogP contribution in [-0.2, 0) is 0 Å². The minimum atomic E-state index is -0.111. The maximum Gasteiger partial charge on any atom is 0.269 e. The van der Waals surface area contributed by atoms with Gasteiger partial charge in [-0.1, -0.05) is 12.8 Å². The molecule has 2 rings (SSSR count). The number of nitrogens with zero attached hydrogens (tertiary/aromatic N) is 1. The van der Waals surface area contributed by atoms with Gasteiger partial charge in [0.15, 0.2) is 0 Å². The van der Waals surface area contributed by atoms with E-state index < -0.39 is 0 Å². The Labute approximate surface area is 94.8 Å². The van der Waals surface area contributed by atoms with E-state index in [1.54, 1.807) is 12.3 Å². The van der Waals surface area contributed by atoms with Crippen molar-refractivity contribution in [1.82, 2.24) is 15.5 Å². The number of aromatic nitrogens is 2. The fraction of sp³-hybridized carbons (Fsp3) is 0.636. The number of nitrogens with two attached hydrogens (primary N) is 1. The van der Waals surface area contributed by atoms with Gasteiger partial charge in [0.1, 0.15) is 5.69 Å². The number of aromatic amines is 1. The molecule has 1 fully saturated rings. The highest BCUT2D eigenvalue weighted by Crippen LogP contribution is 2.27. The molecule has 0 aromatic carbocycles. The van der Waals surface area contributed by atoms with Gasteiger partial charge in [-0.15, -0.1) is 0 Å². The standard InChI is InChI=1S/C11H18N4O/c12-7-10(8-3-1-2-4-8)14-11(16)9-5-6-13-15-9/h5-6,8,10H,1-4,7,12H2,(H,13,15)(H,14,16). The van der Waals surface area contributed by atoms with E-state index in [-0.39, 0.29) is 11.9 Å². The highest BCUT2D eigenvalue weighted by atomic mass is 16.2. The van der Waals surface area contributed by atoms with Crippen molar-refractivity contribution in [3.8, 4) is 0 Å². The van der Waals surface area contributed by atoms with Crippen LogP contribution in [0.25, 0.3) is 0 Å². The van der Waals surface area contributed by atoms with E-state index in [1.807, 2.05) is 0 Å². The zero-order chi connectivity index (χ0) is 11.4. The van der Waals surface area contributed by atoms with Crippen LogP contribution in [0.15, 0.2) is 12.3 Å². The van der Waals surface area contributed by atoms with Crippen LogP contribution in [0, 0.1) is 5.92 Å². The average Bonchev–Trinajstić information content (AvgIpc) is 2.96. The quantitative estimate of drug-likeness (QED) is 0.699. The molecule has 4 N–H and O–H groups in total. The molecule has 88 valence electrons. The molecule has 0 bridgehead atoms. The molecule has 1 aromatic rings. The maximum atomic E-state index is 11.8. The summed E-state index contributed by atoms with van der Waals surface area (Å²) in [6, 6.07) is 1.76. The first-order chi connectivity index (χ1) is 7.81. The van der Waals surface area contributed by atoms with Crippen molar-refractivity contribution in [2.75, 3.05) is 6.54 Å². The number of amides is 1. The summed E-state index contributed by atoms with van der Waals surface area (Å²) >= 11 is 0. The van der Waals surface area contributed by atoms with E-state index in [4.69, 9.17) is 5.73 Å². The van der Waals surface area contributed by atoms with Crippen LogP contribution in [0.2, 0.25) is 0 Å². The second-order valence-corrected chi connectivity index (χ2v) is 4.33. The summed E-state index contributed by atoms with van der Waals surface area (Å²) in [5, 5.41) is 9.39. The van der Waals surface area contributed by atoms with E-state index in [1.165, 1.54) is 25.7 Å². The van der Waals surface area contributed by atoms with Gasteiger partial charge >= 0.3 is 0 Å². The van der Waals surface area contributed by atoms with Crippen LogP contribution in [0.3, 0.4) is 0 Å². The third kappa shape index (κ3) is 2.41. The summed E-state index contributed by atoms with van der Waals surface area (Å²) in [5.74, 6) is 0.428. The lowest BCUT2D eigenvalue weighted by Gasteiger charge is -2.22. The van der Waals surface area contributed by atoms with Crippen molar-refractivity contribution in [3.05, 3.63) is 18.0 Å². The third-order valence-electron chi connectivity index (χ3n) is 3.28. The van der Waals surface area contributed by atoms with E-state index in [0.717, 1.165) is 0 Å². The van der Waals surface area contributed by atoms with Gasteiger partial charge < -0.3 is 11.1 Å². The Balaban J connectivity index is 1.93. The zero-order valence-electron chi connectivity index (χ0n) is 9.28. The van der Waals surface area contributed by atoms with Crippen LogP contribution in [0.1, 0.15) is 36.2 Å². The molecular weight excluding hydrogens is 204 g/mol. The lowest BCUT2D eigenvalue weighted by atomic mass is 9.98. The van der Waals surface area contributed by atoms with E-state index >= 15 is 0 Å². The number of H-pyrrole nitrogens is 1. The topological polar surface area (TPSA) is 83.8 Å². The maximum absolute atomic E-state index is 11.8. The molecule has 5 heteroatoms. The van der Waals surface area contributed by atoms with Crippen molar-refractivity contribution >= 4 is 5.91 Å². The van der Waals surface area contributed by atoms with Crippen molar-refractivity contribution in [2.24, 2.45) is 11.7 Å². The number of carbonyl (C=O) groups excluding carboxylic acids is 1. The van der Waals surface area contributed by atoms with Crippen LogP contribution in [0.4, 0.5) is 0 Å². The van der Waals surface area contributed by atoms with Crippen molar-refractivity contribution in [2.45, 2.75) is 31.7 Å². The molecule has 1 aromatic heterocycles. The second kappa shape index (κ2) is 5.12. The Morgan fingerprint density at radius 1 is 1.62 bits per heavy atom. The van der Waals surface area contributed by atoms with E-state index in [2.05, 4.69) is 15.5 Å². The van der Waals surface area contributed by atoms with E-state index in [0.29, 0.717) is 18.2 Å². The molecule has 1 atom stereocenters. The van der Waals surface area contributed by atoms with Crippen molar-refractivity contribution < 1.29 is 4.79 Å². The Bertz CT molecular complexity index is 330. The summed E-state index contributed by atoms with van der Waals surface area (Å²) in [4.78, 5) is 11.8. The van der Waals surface area contributed by atoms with Crippen molar-refractivity contribution in [1.29, 1.82) is 0 Å². The van der Waals surface area contributed by atoms with Gasteiger partial charge in [-0.05, 0) is 24.8 Å². The summed E-state index contributed by atoms with van der Waals surface area (Å²) in [7, 11) is 0. The summed E-state index contributed by atoms with van der Waals surface area (Å²) in [6.45, 7) is 0.505. The predicted molar refractivity (Wildman–Crippen MR) is 60.9 cm³/mol. The number of hydrogen-bond donors (Lipinski definition) is 3. The van der Waals surface area contributed by atoms with Gasteiger partial charge in [0.25, 0.3) is 5.91 Å². The summed E-state index contributed by atoms with van der Waals surface area (Å²) in [6.07, 6.45) is 6.42. The lowest BCUT2D eigenvalue weighted by molar-refractivity contribution is 0.0919. The largest absolute Gasteiger partial charge is 0.346 e. The lowest BCUT2D eigenvalue weighted by Crippen LogP contribution is -2.44. The predicted octanol–water partition coefficient (Wildman–Crippen LogP) is 0.657. The number of rotatable bonds is 4. The van der Waals surface area contributed by atoms with Gasteiger partial charge in [0, 0.05) is 18.8 Å². The van der Waals surface area contributed by atoms with Gasteiger partial charge in [0.05, 0.1) is 0 Å². The molecule has 1 saturated carbocycles. The SMILES string of the molecule is NCC(NC(=O)c1ccn[nH]1)C1CCCC1. The molecule has 1 amide bonds. The van der Waals surface area contributed by atoms with Gasteiger partial charge in [-0.3, -0.25) is 9.89 Å². The highest BCUT2D eigenvalue weighted by molar-refractivity contribution is 5.92. The molecular formula is C11H18N4O. The number of carbonyl (C=O) groups is 1. The zero-order valence-corrected chi connectivity index (χ0v) is 9.28. The normalized spacial score (nSPS) is 18.6. The highest BCUT2D eigenvalue weighted by Gasteiger charge is 2.25. The van der Waals surface area contributed by atoms with Crippen LogP contribution >= 0.6 is 0 Å². The number of hydrogen-bond acceptors (Lipinski definition) is 3. The van der Waals surface area contributed by atoms with Crippen LogP contribution < -0.4 is 11.1 Å². The average molecular weight is 222 g/mol. The Kier molecular flexibility index (Phi) is 3.56. The third-order valence-corrected chi connectivity index (χ3v) is 3.28. The molecule has 0 aliphatic heterocycles. The molecule has 1 unspecified atom stereocenters. The van der Waals surface area contributed by atoms with Crippen LogP contribution in [-0.4, -0.2) is 28.7 Å². The molecule has 1 aliphatic rings. The molecule has 5 nitrogen and oxygen atoms in total. The fourth-order valence-corrected chi connectivity index (χ4v) is 2.36. The number of nitrogens with one attached hydrogen (secondary N) is 2. The molecule has 16 heavy (non-hydrogen) atoms. The molecule has 0 spiro atoms. The van der Waals surface area contributed by atoms with Gasteiger partial charge in [0.2, 0.25) is 0 Å². The molecule has 0 radical (unpaired) electrons. The second-order valence-electron chi connectivity index (χ2n) is 4.33. The first kappa shape index (κ1) is 11.1. The fourth-order valence-electron chi connectivity index (χ4n) is 2.36. The first-order valence-electron chi connectivity index (χ1n) is 5.81. The van der Waals surface area contributed by atoms with E-state index in [9.17, 15) is 4.79 Å². The Morgan fingerprint density at radius 3 is 2.94 bits per heavy atom. The minimum Gasteiger partial charge on any atom is -0.346 e. The van der Waals surface area contributed by atoms with Crippen molar-refractivity contribution in [3.63, 3.8) is 0 Å². The smallest absolute Gasteiger partial charge is 0.269 e. The first-order valence-corrected chi connectivity index (χ1v) is 5.81. The molecule has 1 heterocycles. The molecule has 1 aliphatic carbocycles. The van der Waals surface area contributed by atoms with Gasteiger partial charge in [-0.2, -0.15) is 5.10 Å². The summed E-state index contributed by atoms with van der Waals surface area (Å²) < 4.78 is 0. The Morgan fingerprint density at radius 2 is 2.38 bits per heavy atom. The summed E-state index contributed by atoms with van der Waals surface area (Å²) in [5.41, 5.74) is 6.21.